The summed E-state index contributed by atoms with van der Waals surface area (Å²) in [5.74, 6) is 1.44. The Bertz CT molecular complexity index is 875. The molecule has 3 aromatic rings. The van der Waals surface area contributed by atoms with Crippen LogP contribution < -0.4 is 10.6 Å². The van der Waals surface area contributed by atoms with E-state index in [-0.39, 0.29) is 0 Å². The number of anilines is 3. The molecule has 0 radical (unpaired) electrons. The van der Waals surface area contributed by atoms with Crippen LogP contribution >= 0.6 is 0 Å². The monoisotopic (exact) mass is 346 g/mol. The molecule has 26 heavy (non-hydrogen) atoms. The first-order chi connectivity index (χ1) is 12.6. The third kappa shape index (κ3) is 4.20. The number of rotatable bonds is 6. The normalized spacial score (nSPS) is 11.8. The molecule has 0 aliphatic carbocycles. The van der Waals surface area contributed by atoms with Gasteiger partial charge in [-0.15, -0.1) is 0 Å². The number of aromatic nitrogens is 2. The Morgan fingerprint density at radius 3 is 2.46 bits per heavy atom. The number of hydrogen-bond acceptors (Lipinski definition) is 4. The highest BCUT2D eigenvalue weighted by Gasteiger charge is 2.10. The summed E-state index contributed by atoms with van der Waals surface area (Å²) < 4.78 is 0. The summed E-state index contributed by atoms with van der Waals surface area (Å²) in [6.45, 7) is 8.52. The number of nitrogens with one attached hydrogen (secondary N) is 2. The van der Waals surface area contributed by atoms with Crippen molar-refractivity contribution in [2.45, 2.75) is 40.2 Å². The number of hydrogen-bond donors (Lipinski definition) is 2. The van der Waals surface area contributed by atoms with Gasteiger partial charge in [-0.3, -0.25) is 0 Å². The van der Waals surface area contributed by atoms with Crippen molar-refractivity contribution >= 4 is 17.5 Å². The van der Waals surface area contributed by atoms with Crippen molar-refractivity contribution < 1.29 is 0 Å². The Morgan fingerprint density at radius 1 is 0.962 bits per heavy atom. The van der Waals surface area contributed by atoms with Gasteiger partial charge >= 0.3 is 0 Å². The van der Waals surface area contributed by atoms with Crippen LogP contribution in [0, 0.1) is 13.8 Å². The first-order valence-corrected chi connectivity index (χ1v) is 9.11. The predicted molar refractivity (Wildman–Crippen MR) is 110 cm³/mol. The molecular formula is C22H26N4. The summed E-state index contributed by atoms with van der Waals surface area (Å²) in [5.41, 5.74) is 5.52. The van der Waals surface area contributed by atoms with Crippen molar-refractivity contribution in [3.05, 3.63) is 65.7 Å². The molecule has 0 unspecified atom stereocenters. The van der Waals surface area contributed by atoms with Crippen LogP contribution in [0.3, 0.4) is 0 Å². The molecule has 1 heterocycles. The molecule has 0 bridgehead atoms. The van der Waals surface area contributed by atoms with Gasteiger partial charge in [0.15, 0.2) is 0 Å². The number of benzene rings is 2. The molecule has 0 saturated carbocycles. The summed E-state index contributed by atoms with van der Waals surface area (Å²) in [4.78, 5) is 9.39. The van der Waals surface area contributed by atoms with E-state index in [0.29, 0.717) is 12.0 Å². The van der Waals surface area contributed by atoms with Gasteiger partial charge < -0.3 is 10.6 Å². The predicted octanol–water partition coefficient (Wildman–Crippen LogP) is 5.71. The van der Waals surface area contributed by atoms with Gasteiger partial charge in [0.25, 0.3) is 0 Å². The molecule has 134 valence electrons. The second-order valence-corrected chi connectivity index (χ2v) is 6.65. The van der Waals surface area contributed by atoms with Crippen molar-refractivity contribution in [3.8, 4) is 11.3 Å². The molecule has 0 fully saturated rings. The zero-order valence-electron chi connectivity index (χ0n) is 15.9. The van der Waals surface area contributed by atoms with E-state index in [1.54, 1.807) is 0 Å². The minimum atomic E-state index is 0.314. The molecule has 4 nitrogen and oxygen atoms in total. The third-order valence-electron chi connectivity index (χ3n) is 4.65. The summed E-state index contributed by atoms with van der Waals surface area (Å²) in [6.07, 6.45) is 1.01. The highest BCUT2D eigenvalue weighted by atomic mass is 15.2. The molecule has 2 N–H and O–H groups in total. The maximum absolute atomic E-state index is 4.71. The molecule has 0 amide bonds. The Kier molecular flexibility index (Phi) is 5.52. The Balaban J connectivity index is 2.00. The summed E-state index contributed by atoms with van der Waals surface area (Å²) >= 11 is 0. The van der Waals surface area contributed by atoms with Crippen LogP contribution in [0.2, 0.25) is 0 Å². The highest BCUT2D eigenvalue weighted by molar-refractivity contribution is 5.69. The van der Waals surface area contributed by atoms with E-state index in [0.717, 1.165) is 29.2 Å². The Morgan fingerprint density at radius 2 is 1.73 bits per heavy atom. The largest absolute Gasteiger partial charge is 0.352 e. The van der Waals surface area contributed by atoms with Crippen LogP contribution in [0.5, 0.6) is 0 Å². The fraction of sp³-hybridized carbons (Fsp3) is 0.273. The molecule has 2 aromatic carbocycles. The first kappa shape index (κ1) is 17.9. The van der Waals surface area contributed by atoms with Gasteiger partial charge in [-0.25, -0.2) is 4.98 Å². The lowest BCUT2D eigenvalue weighted by molar-refractivity contribution is 0.753. The van der Waals surface area contributed by atoms with Crippen LogP contribution in [0.15, 0.2) is 54.6 Å². The van der Waals surface area contributed by atoms with Crippen molar-refractivity contribution in [1.29, 1.82) is 0 Å². The minimum absolute atomic E-state index is 0.314. The average molecular weight is 346 g/mol. The van der Waals surface area contributed by atoms with Gasteiger partial charge in [0, 0.05) is 23.4 Å². The standard InChI is InChI=1S/C22H26N4/c1-5-16(3)23-22-25-20(18-11-7-6-8-12-18)14-21(26-22)24-19-13-9-10-15(2)17(19)4/h6-14,16H,5H2,1-4H3,(H2,23,24,25,26)/t16-/m1/s1. The van der Waals surface area contributed by atoms with Gasteiger partial charge in [-0.2, -0.15) is 4.98 Å². The van der Waals surface area contributed by atoms with E-state index in [4.69, 9.17) is 4.98 Å². The Labute approximate surface area is 155 Å². The van der Waals surface area contributed by atoms with Crippen molar-refractivity contribution in [1.82, 2.24) is 9.97 Å². The second kappa shape index (κ2) is 8.00. The maximum atomic E-state index is 4.71. The Hall–Kier alpha value is -2.88. The molecule has 1 aromatic heterocycles. The quantitative estimate of drug-likeness (QED) is 0.600. The van der Waals surface area contributed by atoms with E-state index in [1.165, 1.54) is 11.1 Å². The summed E-state index contributed by atoms with van der Waals surface area (Å²) in [6, 6.07) is 18.8. The topological polar surface area (TPSA) is 49.8 Å². The van der Waals surface area contributed by atoms with Crippen molar-refractivity contribution in [2.24, 2.45) is 0 Å². The molecule has 0 aliphatic heterocycles. The summed E-state index contributed by atoms with van der Waals surface area (Å²) in [7, 11) is 0. The molecule has 1 atom stereocenters. The third-order valence-corrected chi connectivity index (χ3v) is 4.65. The lowest BCUT2D eigenvalue weighted by Crippen LogP contribution is -2.16. The van der Waals surface area contributed by atoms with Crippen LogP contribution in [0.4, 0.5) is 17.5 Å². The van der Waals surface area contributed by atoms with E-state index < -0.39 is 0 Å². The van der Waals surface area contributed by atoms with Gasteiger partial charge in [0.05, 0.1) is 5.69 Å². The molecule has 4 heteroatoms. The van der Waals surface area contributed by atoms with E-state index in [9.17, 15) is 0 Å². The van der Waals surface area contributed by atoms with E-state index >= 15 is 0 Å². The van der Waals surface area contributed by atoms with Gasteiger partial charge in [0.1, 0.15) is 5.82 Å². The lowest BCUT2D eigenvalue weighted by Gasteiger charge is -2.16. The first-order valence-electron chi connectivity index (χ1n) is 9.11. The number of aryl methyl sites for hydroxylation is 1. The fourth-order valence-corrected chi connectivity index (χ4v) is 2.68. The molecular weight excluding hydrogens is 320 g/mol. The number of nitrogens with zero attached hydrogens (tertiary/aromatic N) is 2. The zero-order chi connectivity index (χ0) is 18.5. The molecule has 0 aliphatic rings. The maximum Gasteiger partial charge on any atom is 0.225 e. The van der Waals surface area contributed by atoms with Crippen LogP contribution in [-0.4, -0.2) is 16.0 Å². The second-order valence-electron chi connectivity index (χ2n) is 6.65. The minimum Gasteiger partial charge on any atom is -0.352 e. The SMILES string of the molecule is CC[C@@H](C)Nc1nc(Nc2cccc(C)c2C)cc(-c2ccccc2)n1. The fourth-order valence-electron chi connectivity index (χ4n) is 2.68. The van der Waals surface area contributed by atoms with Crippen LogP contribution in [0.25, 0.3) is 11.3 Å². The van der Waals surface area contributed by atoms with E-state index in [2.05, 4.69) is 73.6 Å². The van der Waals surface area contributed by atoms with Crippen LogP contribution in [0.1, 0.15) is 31.4 Å². The smallest absolute Gasteiger partial charge is 0.225 e. The van der Waals surface area contributed by atoms with Gasteiger partial charge in [-0.05, 0) is 44.4 Å². The molecule has 0 saturated heterocycles. The van der Waals surface area contributed by atoms with E-state index in [1.807, 2.05) is 24.3 Å². The zero-order valence-corrected chi connectivity index (χ0v) is 15.9. The highest BCUT2D eigenvalue weighted by Crippen LogP contribution is 2.26. The van der Waals surface area contributed by atoms with Gasteiger partial charge in [0.2, 0.25) is 5.95 Å². The van der Waals surface area contributed by atoms with Crippen LogP contribution in [-0.2, 0) is 0 Å². The van der Waals surface area contributed by atoms with Crippen molar-refractivity contribution in [2.75, 3.05) is 10.6 Å². The summed E-state index contributed by atoms with van der Waals surface area (Å²) in [5, 5.41) is 6.86. The molecule has 0 spiro atoms. The van der Waals surface area contributed by atoms with Crippen molar-refractivity contribution in [3.63, 3.8) is 0 Å². The lowest BCUT2D eigenvalue weighted by atomic mass is 10.1. The molecule has 3 rings (SSSR count). The average Bonchev–Trinajstić information content (AvgIpc) is 2.66. The van der Waals surface area contributed by atoms with Gasteiger partial charge in [-0.1, -0.05) is 49.4 Å².